The summed E-state index contributed by atoms with van der Waals surface area (Å²) in [4.78, 5) is 24.0. The first-order valence-electron chi connectivity index (χ1n) is 6.46. The number of carbonyl (C=O) groups excluding carboxylic acids is 2. The maximum absolute atomic E-state index is 12.1. The fourth-order valence-corrected chi connectivity index (χ4v) is 3.38. The Bertz CT molecular complexity index is 724. The standard InChI is InChI=1S/C14H13ClN2O3S/c1-20-8-4-5-9-10(6-8)21-12(11(9)15)14(19)17-16-13(18)7-2-3-7/h4-7H,2-3H2,1H3,(H,16,18)(H,17,19). The maximum Gasteiger partial charge on any atom is 0.281 e. The zero-order valence-electron chi connectivity index (χ0n) is 11.2. The van der Waals surface area contributed by atoms with Crippen LogP contribution in [-0.4, -0.2) is 18.9 Å². The Balaban J connectivity index is 1.80. The molecule has 0 saturated heterocycles. The number of rotatable bonds is 3. The Hall–Kier alpha value is -1.79. The van der Waals surface area contributed by atoms with Gasteiger partial charge in [0.15, 0.2) is 0 Å². The fraction of sp³-hybridized carbons (Fsp3) is 0.286. The van der Waals surface area contributed by atoms with Crippen LogP contribution in [0, 0.1) is 5.92 Å². The van der Waals surface area contributed by atoms with E-state index in [-0.39, 0.29) is 11.8 Å². The van der Waals surface area contributed by atoms with E-state index in [9.17, 15) is 9.59 Å². The van der Waals surface area contributed by atoms with Crippen LogP contribution in [0.1, 0.15) is 22.5 Å². The number of hydrazine groups is 1. The molecular weight excluding hydrogens is 312 g/mol. The van der Waals surface area contributed by atoms with Gasteiger partial charge in [-0.25, -0.2) is 0 Å². The van der Waals surface area contributed by atoms with Gasteiger partial charge >= 0.3 is 0 Å². The highest BCUT2D eigenvalue weighted by molar-refractivity contribution is 7.21. The van der Waals surface area contributed by atoms with Gasteiger partial charge in [0, 0.05) is 16.0 Å². The van der Waals surface area contributed by atoms with Crippen LogP contribution in [-0.2, 0) is 4.79 Å². The molecular formula is C14H13ClN2O3S. The summed E-state index contributed by atoms with van der Waals surface area (Å²) in [5.41, 5.74) is 4.83. The molecule has 7 heteroatoms. The maximum atomic E-state index is 12.1. The lowest BCUT2D eigenvalue weighted by Gasteiger charge is -2.05. The second-order valence-electron chi connectivity index (χ2n) is 4.82. The third-order valence-electron chi connectivity index (χ3n) is 3.29. The zero-order chi connectivity index (χ0) is 15.0. The molecule has 0 atom stereocenters. The summed E-state index contributed by atoms with van der Waals surface area (Å²) >= 11 is 7.50. The smallest absolute Gasteiger partial charge is 0.281 e. The molecule has 1 saturated carbocycles. The van der Waals surface area contributed by atoms with Crippen molar-refractivity contribution in [1.82, 2.24) is 10.9 Å². The average molecular weight is 325 g/mol. The van der Waals surface area contributed by atoms with Crippen LogP contribution >= 0.6 is 22.9 Å². The number of hydrogen-bond acceptors (Lipinski definition) is 4. The van der Waals surface area contributed by atoms with Crippen LogP contribution < -0.4 is 15.6 Å². The molecule has 2 amide bonds. The second kappa shape index (κ2) is 5.54. The van der Waals surface area contributed by atoms with Crippen LogP contribution in [0.5, 0.6) is 5.75 Å². The summed E-state index contributed by atoms with van der Waals surface area (Å²) in [5, 5.41) is 1.18. The summed E-state index contributed by atoms with van der Waals surface area (Å²) < 4.78 is 6.01. The monoisotopic (exact) mass is 324 g/mol. The Morgan fingerprint density at radius 1 is 1.33 bits per heavy atom. The van der Waals surface area contributed by atoms with E-state index in [1.807, 2.05) is 12.1 Å². The minimum absolute atomic E-state index is 0.0347. The third kappa shape index (κ3) is 2.82. The van der Waals surface area contributed by atoms with Crippen molar-refractivity contribution in [1.29, 1.82) is 0 Å². The highest BCUT2D eigenvalue weighted by atomic mass is 35.5. The number of benzene rings is 1. The Kier molecular flexibility index (Phi) is 3.73. The topological polar surface area (TPSA) is 67.4 Å². The zero-order valence-corrected chi connectivity index (χ0v) is 12.8. The van der Waals surface area contributed by atoms with Crippen molar-refractivity contribution in [2.24, 2.45) is 5.92 Å². The SMILES string of the molecule is COc1ccc2c(Cl)c(C(=O)NNC(=O)C3CC3)sc2c1. The Morgan fingerprint density at radius 3 is 2.76 bits per heavy atom. The van der Waals surface area contributed by atoms with Gasteiger partial charge in [0.25, 0.3) is 5.91 Å². The molecule has 2 N–H and O–H groups in total. The normalized spacial score (nSPS) is 14.0. The van der Waals surface area contributed by atoms with Gasteiger partial charge in [-0.2, -0.15) is 0 Å². The first-order valence-corrected chi connectivity index (χ1v) is 7.66. The molecule has 0 aliphatic heterocycles. The molecule has 1 aromatic heterocycles. The van der Waals surface area contributed by atoms with Crippen molar-refractivity contribution in [2.75, 3.05) is 7.11 Å². The molecule has 3 rings (SSSR count). The number of nitrogens with one attached hydrogen (secondary N) is 2. The Labute approximate surface area is 130 Å². The van der Waals surface area contributed by atoms with Gasteiger partial charge in [0.2, 0.25) is 5.91 Å². The van der Waals surface area contributed by atoms with Gasteiger partial charge in [-0.05, 0) is 31.0 Å². The first-order chi connectivity index (χ1) is 10.1. The summed E-state index contributed by atoms with van der Waals surface area (Å²) in [6, 6.07) is 5.43. The van der Waals surface area contributed by atoms with E-state index in [2.05, 4.69) is 10.9 Å². The number of hydrogen-bond donors (Lipinski definition) is 2. The van der Waals surface area contributed by atoms with Crippen LogP contribution in [0.2, 0.25) is 5.02 Å². The van der Waals surface area contributed by atoms with Gasteiger partial charge in [-0.15, -0.1) is 11.3 Å². The first kappa shape index (κ1) is 14.2. The minimum atomic E-state index is -0.408. The molecule has 0 radical (unpaired) electrons. The lowest BCUT2D eigenvalue weighted by atomic mass is 10.2. The molecule has 21 heavy (non-hydrogen) atoms. The molecule has 5 nitrogen and oxygen atoms in total. The summed E-state index contributed by atoms with van der Waals surface area (Å²) in [6.07, 6.45) is 1.76. The largest absolute Gasteiger partial charge is 0.497 e. The van der Waals surface area contributed by atoms with Crippen molar-refractivity contribution in [3.05, 3.63) is 28.1 Å². The van der Waals surface area contributed by atoms with Crippen molar-refractivity contribution >= 4 is 44.8 Å². The van der Waals surface area contributed by atoms with Crippen LogP contribution in [0.25, 0.3) is 10.1 Å². The van der Waals surface area contributed by atoms with Gasteiger partial charge in [-0.3, -0.25) is 20.4 Å². The molecule has 1 aliphatic rings. The van der Waals surface area contributed by atoms with Gasteiger partial charge < -0.3 is 4.74 Å². The summed E-state index contributed by atoms with van der Waals surface area (Å²) in [6.45, 7) is 0. The van der Waals surface area contributed by atoms with E-state index in [1.165, 1.54) is 11.3 Å². The third-order valence-corrected chi connectivity index (χ3v) is 4.95. The number of methoxy groups -OCH3 is 1. The fourth-order valence-electron chi connectivity index (χ4n) is 1.94. The number of fused-ring (bicyclic) bond motifs is 1. The van der Waals surface area contributed by atoms with Gasteiger partial charge in [0.05, 0.1) is 12.1 Å². The van der Waals surface area contributed by atoms with Crippen molar-refractivity contribution in [3.63, 3.8) is 0 Å². The summed E-state index contributed by atoms with van der Waals surface area (Å²) in [5.74, 6) is 0.179. The molecule has 1 aromatic carbocycles. The molecule has 110 valence electrons. The number of ether oxygens (including phenoxy) is 1. The second-order valence-corrected chi connectivity index (χ2v) is 6.26. The number of thiophene rings is 1. The van der Waals surface area contributed by atoms with E-state index in [0.29, 0.717) is 15.6 Å². The van der Waals surface area contributed by atoms with E-state index < -0.39 is 5.91 Å². The van der Waals surface area contributed by atoms with Crippen LogP contribution in [0.15, 0.2) is 18.2 Å². The van der Waals surface area contributed by atoms with E-state index in [0.717, 1.165) is 22.9 Å². The van der Waals surface area contributed by atoms with E-state index in [4.69, 9.17) is 16.3 Å². The quantitative estimate of drug-likeness (QED) is 0.853. The Morgan fingerprint density at radius 2 is 2.10 bits per heavy atom. The van der Waals surface area contributed by atoms with Crippen molar-refractivity contribution < 1.29 is 14.3 Å². The number of halogens is 1. The molecule has 1 aliphatic carbocycles. The minimum Gasteiger partial charge on any atom is -0.497 e. The molecule has 1 fully saturated rings. The molecule has 0 spiro atoms. The predicted octanol–water partition coefficient (Wildman–Crippen LogP) is 2.73. The van der Waals surface area contributed by atoms with Crippen LogP contribution in [0.3, 0.4) is 0 Å². The lowest BCUT2D eigenvalue weighted by molar-refractivity contribution is -0.123. The van der Waals surface area contributed by atoms with Crippen molar-refractivity contribution in [2.45, 2.75) is 12.8 Å². The predicted molar refractivity (Wildman–Crippen MR) is 81.7 cm³/mol. The molecule has 0 bridgehead atoms. The summed E-state index contributed by atoms with van der Waals surface area (Å²) in [7, 11) is 1.58. The number of amides is 2. The highest BCUT2D eigenvalue weighted by Gasteiger charge is 2.30. The van der Waals surface area contributed by atoms with Gasteiger partial charge in [-0.1, -0.05) is 11.6 Å². The lowest BCUT2D eigenvalue weighted by Crippen LogP contribution is -2.42. The van der Waals surface area contributed by atoms with E-state index >= 15 is 0 Å². The number of carbonyl (C=O) groups is 2. The molecule has 0 unspecified atom stereocenters. The highest BCUT2D eigenvalue weighted by Crippen LogP contribution is 2.37. The average Bonchev–Trinajstić information content (AvgIpc) is 3.29. The van der Waals surface area contributed by atoms with Crippen LogP contribution in [0.4, 0.5) is 0 Å². The molecule has 2 aromatic rings. The molecule has 1 heterocycles. The van der Waals surface area contributed by atoms with Gasteiger partial charge in [0.1, 0.15) is 10.6 Å². The van der Waals surface area contributed by atoms with Crippen molar-refractivity contribution in [3.8, 4) is 5.75 Å². The van der Waals surface area contributed by atoms with E-state index in [1.54, 1.807) is 13.2 Å².